The van der Waals surface area contributed by atoms with Crippen LogP contribution in [0.5, 0.6) is 0 Å². The Kier molecular flexibility index (Phi) is 5.86. The maximum absolute atomic E-state index is 11.4. The predicted molar refractivity (Wildman–Crippen MR) is 119 cm³/mol. The molecule has 2 aromatic heterocycles. The van der Waals surface area contributed by atoms with Gasteiger partial charge in [-0.25, -0.2) is 4.79 Å². The summed E-state index contributed by atoms with van der Waals surface area (Å²) in [4.78, 5) is 11.8. The molecule has 26 heavy (non-hydrogen) atoms. The van der Waals surface area contributed by atoms with Gasteiger partial charge in [-0.05, 0) is 36.4 Å². The molecule has 0 atom stereocenters. The van der Waals surface area contributed by atoms with Crippen LogP contribution in [0.2, 0.25) is 0 Å². The highest BCUT2D eigenvalue weighted by Gasteiger charge is 2.16. The van der Waals surface area contributed by atoms with Gasteiger partial charge in [-0.2, -0.15) is 0 Å². The molecule has 0 fully saturated rings. The average Bonchev–Trinajstić information content (AvgIpc) is 3.16. The second-order valence-corrected chi connectivity index (χ2v) is 9.10. The quantitative estimate of drug-likeness (QED) is 0.293. The van der Waals surface area contributed by atoms with Gasteiger partial charge in [0.1, 0.15) is 4.88 Å². The van der Waals surface area contributed by atoms with Crippen molar-refractivity contribution in [2.45, 2.75) is 0 Å². The van der Waals surface area contributed by atoms with E-state index in [0.29, 0.717) is 10.6 Å². The Bertz CT molecular complexity index is 1110. The monoisotopic (exact) mass is 512 g/mol. The van der Waals surface area contributed by atoms with Crippen molar-refractivity contribution in [1.82, 2.24) is 0 Å². The fourth-order valence-electron chi connectivity index (χ4n) is 2.35. The lowest BCUT2D eigenvalue weighted by molar-refractivity contribution is 0.0607. The highest BCUT2D eigenvalue weighted by atomic mass is 79.9. The minimum atomic E-state index is -0.384. The van der Waals surface area contributed by atoms with Gasteiger partial charge >= 0.3 is 5.97 Å². The van der Waals surface area contributed by atoms with Gasteiger partial charge in [-0.15, -0.1) is 22.7 Å². The van der Waals surface area contributed by atoms with Crippen LogP contribution < -0.4 is 11.5 Å². The summed E-state index contributed by atoms with van der Waals surface area (Å²) in [6, 6.07) is 11.9. The highest BCUT2D eigenvalue weighted by Crippen LogP contribution is 2.35. The van der Waals surface area contributed by atoms with Crippen molar-refractivity contribution in [1.29, 1.82) is 0 Å². The summed E-state index contributed by atoms with van der Waals surface area (Å²) < 4.78 is 8.90. The van der Waals surface area contributed by atoms with E-state index in [1.54, 1.807) is 11.3 Å². The van der Waals surface area contributed by atoms with Crippen LogP contribution in [0.3, 0.4) is 0 Å². The Morgan fingerprint density at radius 2 is 1.62 bits per heavy atom. The van der Waals surface area contributed by atoms with Crippen molar-refractivity contribution in [2.75, 3.05) is 18.6 Å². The summed E-state index contributed by atoms with van der Waals surface area (Å²) in [6.07, 6.45) is 0. The largest absolute Gasteiger partial charge is 0.465 e. The molecule has 2 heterocycles. The second kappa shape index (κ2) is 7.96. The zero-order chi connectivity index (χ0) is 18.8. The summed E-state index contributed by atoms with van der Waals surface area (Å²) in [5.74, 6) is -0.384. The van der Waals surface area contributed by atoms with Crippen molar-refractivity contribution < 1.29 is 9.53 Å². The molecule has 134 valence electrons. The number of halogens is 2. The molecule has 4 nitrogen and oxygen atoms in total. The van der Waals surface area contributed by atoms with Crippen LogP contribution in [0.15, 0.2) is 50.7 Å². The maximum atomic E-state index is 11.4. The molecule has 0 amide bonds. The third kappa shape index (κ3) is 3.88. The number of nitrogen functional groups attached to an aromatic ring is 2. The van der Waals surface area contributed by atoms with Crippen molar-refractivity contribution in [3.8, 4) is 0 Å². The smallest absolute Gasteiger partial charge is 0.350 e. The summed E-state index contributed by atoms with van der Waals surface area (Å²) in [5, 5.41) is 4.00. The van der Waals surface area contributed by atoms with Gasteiger partial charge in [0.15, 0.2) is 0 Å². The lowest BCUT2D eigenvalue weighted by atomic mass is 10.2. The van der Waals surface area contributed by atoms with Crippen molar-refractivity contribution >= 4 is 92.0 Å². The van der Waals surface area contributed by atoms with Gasteiger partial charge in [-0.1, -0.05) is 31.9 Å². The zero-order valence-electron chi connectivity index (χ0n) is 13.6. The first-order chi connectivity index (χ1) is 12.4. The molecular formula is C18H14Br2N2O2S2. The minimum absolute atomic E-state index is 0.384. The first kappa shape index (κ1) is 19.2. The molecular weight excluding hydrogens is 500 g/mol. The van der Waals surface area contributed by atoms with Crippen LogP contribution in [0.1, 0.15) is 9.67 Å². The van der Waals surface area contributed by atoms with Crippen LogP contribution >= 0.6 is 54.5 Å². The number of ether oxygens (including phenoxy) is 1. The molecule has 4 rings (SSSR count). The standard InChI is InChI=1S/C10H8BrNO2S.C8H6BrNS/c1-14-10(13)9-8(12)6-4-5(11)2-3-7(6)15-9;9-5-1-2-8-6(3-5)7(10)4-11-8/h2-4H,12H2,1H3;1-4H,10H2. The van der Waals surface area contributed by atoms with Crippen LogP contribution in [0.25, 0.3) is 20.2 Å². The Morgan fingerprint density at radius 3 is 2.27 bits per heavy atom. The zero-order valence-corrected chi connectivity index (χ0v) is 18.4. The Hall–Kier alpha value is -1.61. The van der Waals surface area contributed by atoms with E-state index in [1.807, 2.05) is 35.7 Å². The molecule has 0 aliphatic carbocycles. The number of nitrogens with two attached hydrogens (primary N) is 2. The summed E-state index contributed by atoms with van der Waals surface area (Å²) in [6.45, 7) is 0. The van der Waals surface area contributed by atoms with Crippen LogP contribution in [0.4, 0.5) is 11.4 Å². The molecule has 0 saturated heterocycles. The van der Waals surface area contributed by atoms with Crippen LogP contribution in [0, 0.1) is 0 Å². The average molecular weight is 514 g/mol. The SMILES string of the molecule is COC(=O)c1sc2ccc(Br)cc2c1N.Nc1csc2ccc(Br)cc12. The van der Waals surface area contributed by atoms with Gasteiger partial charge < -0.3 is 16.2 Å². The number of carbonyl (C=O) groups excluding carboxylic acids is 1. The third-order valence-electron chi connectivity index (χ3n) is 3.62. The lowest BCUT2D eigenvalue weighted by Crippen LogP contribution is -2.01. The fraction of sp³-hybridized carbons (Fsp3) is 0.0556. The number of esters is 1. The number of methoxy groups -OCH3 is 1. The van der Waals surface area contributed by atoms with E-state index in [4.69, 9.17) is 11.5 Å². The number of thiophene rings is 2. The van der Waals surface area contributed by atoms with Crippen molar-refractivity contribution in [3.05, 3.63) is 55.6 Å². The first-order valence-corrected chi connectivity index (χ1v) is 10.7. The van der Waals surface area contributed by atoms with E-state index in [2.05, 4.69) is 42.7 Å². The number of rotatable bonds is 1. The Morgan fingerprint density at radius 1 is 1.00 bits per heavy atom. The summed E-state index contributed by atoms with van der Waals surface area (Å²) >= 11 is 9.78. The summed E-state index contributed by atoms with van der Waals surface area (Å²) in [5.41, 5.74) is 13.0. The molecule has 0 bridgehead atoms. The lowest BCUT2D eigenvalue weighted by Gasteiger charge is -1.96. The van der Waals surface area contributed by atoms with E-state index in [0.717, 1.165) is 30.1 Å². The van der Waals surface area contributed by atoms with Crippen molar-refractivity contribution in [3.63, 3.8) is 0 Å². The van der Waals surface area contributed by atoms with Gasteiger partial charge in [0.2, 0.25) is 0 Å². The number of carbonyl (C=O) groups is 1. The van der Waals surface area contributed by atoms with Gasteiger partial charge in [-0.3, -0.25) is 0 Å². The Labute approximate surface area is 175 Å². The van der Waals surface area contributed by atoms with Gasteiger partial charge in [0.05, 0.1) is 18.5 Å². The van der Waals surface area contributed by atoms with E-state index in [-0.39, 0.29) is 5.97 Å². The van der Waals surface area contributed by atoms with E-state index < -0.39 is 0 Å². The first-order valence-electron chi connectivity index (χ1n) is 7.38. The topological polar surface area (TPSA) is 78.3 Å². The molecule has 0 spiro atoms. The maximum Gasteiger partial charge on any atom is 0.350 e. The molecule has 2 aromatic carbocycles. The Balaban J connectivity index is 0.000000158. The third-order valence-corrected chi connectivity index (χ3v) is 6.76. The normalized spacial score (nSPS) is 10.6. The van der Waals surface area contributed by atoms with E-state index in [9.17, 15) is 4.79 Å². The van der Waals surface area contributed by atoms with Gasteiger partial charge in [0, 0.05) is 34.5 Å². The van der Waals surface area contributed by atoms with Crippen LogP contribution in [-0.4, -0.2) is 13.1 Å². The van der Waals surface area contributed by atoms with Gasteiger partial charge in [0.25, 0.3) is 0 Å². The van der Waals surface area contributed by atoms with E-state index in [1.165, 1.54) is 23.1 Å². The molecule has 0 saturated carbocycles. The number of anilines is 2. The number of hydrogen-bond acceptors (Lipinski definition) is 6. The summed E-state index contributed by atoms with van der Waals surface area (Å²) in [7, 11) is 1.35. The fourth-order valence-corrected chi connectivity index (χ4v) is 4.93. The number of hydrogen-bond donors (Lipinski definition) is 2. The molecule has 0 radical (unpaired) electrons. The molecule has 8 heteroatoms. The molecule has 0 aliphatic heterocycles. The van der Waals surface area contributed by atoms with Crippen LogP contribution in [-0.2, 0) is 4.74 Å². The highest BCUT2D eigenvalue weighted by molar-refractivity contribution is 9.10. The molecule has 4 N–H and O–H groups in total. The minimum Gasteiger partial charge on any atom is -0.465 e. The van der Waals surface area contributed by atoms with E-state index >= 15 is 0 Å². The van der Waals surface area contributed by atoms with Crippen molar-refractivity contribution in [2.24, 2.45) is 0 Å². The predicted octanol–water partition coefficient (Wildman–Crippen LogP) is 6.28. The number of benzene rings is 2. The number of fused-ring (bicyclic) bond motifs is 2. The molecule has 0 unspecified atom stereocenters. The molecule has 0 aliphatic rings. The second-order valence-electron chi connectivity index (χ2n) is 5.31. The molecule has 4 aromatic rings.